The number of benzene rings is 1. The molecule has 0 fully saturated rings. The van der Waals surface area contributed by atoms with E-state index in [1.165, 1.54) is 10.4 Å². The molecule has 0 aliphatic rings. The van der Waals surface area contributed by atoms with Gasteiger partial charge in [-0.2, -0.15) is 0 Å². The molecule has 1 heterocycles. The van der Waals surface area contributed by atoms with Crippen molar-refractivity contribution < 1.29 is 0 Å². The van der Waals surface area contributed by atoms with Gasteiger partial charge < -0.3 is 11.1 Å². The molecule has 1 aromatic heterocycles. The number of nitrogen functional groups attached to an aromatic ring is 1. The van der Waals surface area contributed by atoms with Crippen LogP contribution in [-0.4, -0.2) is 4.98 Å². The van der Waals surface area contributed by atoms with E-state index >= 15 is 0 Å². The Bertz CT molecular complexity index is 560. The first-order valence-electron chi connectivity index (χ1n) is 6.04. The largest absolute Gasteiger partial charge is 0.399 e. The maximum absolute atomic E-state index is 5.83. The molecule has 4 heteroatoms. The fourth-order valence-electron chi connectivity index (χ4n) is 2.04. The van der Waals surface area contributed by atoms with Crippen molar-refractivity contribution in [1.29, 1.82) is 0 Å². The van der Waals surface area contributed by atoms with Gasteiger partial charge in [0.15, 0.2) is 0 Å². The second kappa shape index (κ2) is 4.98. The van der Waals surface area contributed by atoms with Crippen molar-refractivity contribution in [3.63, 3.8) is 0 Å². The first-order chi connectivity index (χ1) is 8.47. The van der Waals surface area contributed by atoms with Gasteiger partial charge in [0, 0.05) is 16.3 Å². The lowest BCUT2D eigenvalue weighted by atomic mass is 10.1. The summed E-state index contributed by atoms with van der Waals surface area (Å²) in [6, 6.07) is 6.19. The lowest BCUT2D eigenvalue weighted by Gasteiger charge is -2.16. The van der Waals surface area contributed by atoms with Gasteiger partial charge in [-0.25, -0.2) is 4.98 Å². The quantitative estimate of drug-likeness (QED) is 0.826. The van der Waals surface area contributed by atoms with Crippen LogP contribution in [0.25, 0.3) is 0 Å². The van der Waals surface area contributed by atoms with Crippen LogP contribution in [0.1, 0.15) is 34.1 Å². The predicted molar refractivity (Wildman–Crippen MR) is 79.2 cm³/mol. The highest BCUT2D eigenvalue weighted by molar-refractivity contribution is 7.11. The molecule has 18 heavy (non-hydrogen) atoms. The number of nitrogens with one attached hydrogen (secondary N) is 1. The van der Waals surface area contributed by atoms with Crippen molar-refractivity contribution in [3.8, 4) is 0 Å². The highest BCUT2D eigenvalue weighted by Crippen LogP contribution is 2.29. The molecular weight excluding hydrogens is 242 g/mol. The first kappa shape index (κ1) is 12.9. The normalized spacial score (nSPS) is 12.4. The Labute approximate surface area is 112 Å². The Kier molecular flexibility index (Phi) is 3.57. The highest BCUT2D eigenvalue weighted by atomic mass is 32.1. The minimum atomic E-state index is 0.247. The molecule has 96 valence electrons. The lowest BCUT2D eigenvalue weighted by molar-refractivity contribution is 0.888. The summed E-state index contributed by atoms with van der Waals surface area (Å²) in [5, 5.41) is 4.62. The van der Waals surface area contributed by atoms with Gasteiger partial charge >= 0.3 is 0 Å². The monoisotopic (exact) mass is 261 g/mol. The molecule has 1 aromatic carbocycles. The second-order valence-electron chi connectivity index (χ2n) is 4.62. The summed E-state index contributed by atoms with van der Waals surface area (Å²) in [6.07, 6.45) is 0. The van der Waals surface area contributed by atoms with Crippen molar-refractivity contribution in [2.45, 2.75) is 33.7 Å². The van der Waals surface area contributed by atoms with Crippen molar-refractivity contribution in [3.05, 3.63) is 39.3 Å². The van der Waals surface area contributed by atoms with Crippen molar-refractivity contribution in [2.75, 3.05) is 11.1 Å². The zero-order chi connectivity index (χ0) is 13.3. The summed E-state index contributed by atoms with van der Waals surface area (Å²) in [5.41, 5.74) is 10.0. The van der Waals surface area contributed by atoms with Gasteiger partial charge in [-0.15, -0.1) is 11.3 Å². The fourth-order valence-corrected chi connectivity index (χ4v) is 2.97. The molecule has 2 aromatic rings. The Morgan fingerprint density at radius 2 is 2.00 bits per heavy atom. The Morgan fingerprint density at radius 3 is 2.61 bits per heavy atom. The third kappa shape index (κ3) is 2.64. The van der Waals surface area contributed by atoms with Crippen molar-refractivity contribution >= 4 is 22.7 Å². The number of thiazole rings is 1. The fraction of sp³-hybridized carbons (Fsp3) is 0.357. The Hall–Kier alpha value is -1.55. The Balaban J connectivity index is 2.23. The van der Waals surface area contributed by atoms with Crippen LogP contribution in [0.4, 0.5) is 11.4 Å². The highest BCUT2D eigenvalue weighted by Gasteiger charge is 2.13. The number of aromatic nitrogens is 1. The third-order valence-electron chi connectivity index (χ3n) is 2.97. The van der Waals surface area contributed by atoms with Crippen LogP contribution in [0.15, 0.2) is 18.2 Å². The van der Waals surface area contributed by atoms with Gasteiger partial charge in [0.1, 0.15) is 0 Å². The molecule has 1 atom stereocenters. The van der Waals surface area contributed by atoms with E-state index in [-0.39, 0.29) is 6.04 Å². The maximum Gasteiger partial charge on any atom is 0.0900 e. The number of anilines is 2. The number of nitrogens with zero attached hydrogens (tertiary/aromatic N) is 1. The average molecular weight is 261 g/mol. The van der Waals surface area contributed by atoms with E-state index in [0.717, 1.165) is 22.1 Å². The summed E-state index contributed by atoms with van der Waals surface area (Å²) in [4.78, 5) is 5.75. The summed E-state index contributed by atoms with van der Waals surface area (Å²) in [6.45, 7) is 8.34. The number of rotatable bonds is 3. The van der Waals surface area contributed by atoms with Crippen molar-refractivity contribution in [1.82, 2.24) is 4.98 Å². The van der Waals surface area contributed by atoms with Gasteiger partial charge in [-0.3, -0.25) is 0 Å². The minimum Gasteiger partial charge on any atom is -0.399 e. The van der Waals surface area contributed by atoms with Crippen LogP contribution >= 0.6 is 11.3 Å². The summed E-state index contributed by atoms with van der Waals surface area (Å²) >= 11 is 1.75. The van der Waals surface area contributed by atoms with Crippen molar-refractivity contribution in [2.24, 2.45) is 0 Å². The van der Waals surface area contributed by atoms with Gasteiger partial charge in [0.25, 0.3) is 0 Å². The summed E-state index contributed by atoms with van der Waals surface area (Å²) in [5.74, 6) is 0. The first-order valence-corrected chi connectivity index (χ1v) is 6.85. The summed E-state index contributed by atoms with van der Waals surface area (Å²) < 4.78 is 0. The van der Waals surface area contributed by atoms with Crippen LogP contribution in [0.2, 0.25) is 0 Å². The third-order valence-corrected chi connectivity index (χ3v) is 4.22. The molecule has 0 saturated heterocycles. The molecule has 0 saturated carbocycles. The van der Waals surface area contributed by atoms with Crippen LogP contribution in [-0.2, 0) is 0 Å². The van der Waals surface area contributed by atoms with E-state index in [1.807, 2.05) is 25.1 Å². The molecule has 0 aliphatic carbocycles. The molecule has 2 rings (SSSR count). The molecule has 0 spiro atoms. The molecule has 3 nitrogen and oxygen atoms in total. The maximum atomic E-state index is 5.83. The number of hydrogen-bond acceptors (Lipinski definition) is 4. The van der Waals surface area contributed by atoms with E-state index in [2.05, 4.69) is 31.1 Å². The number of hydrogen-bond donors (Lipinski definition) is 2. The van der Waals surface area contributed by atoms with Gasteiger partial charge in [-0.05, 0) is 45.4 Å². The molecule has 0 amide bonds. The number of nitrogens with two attached hydrogens (primary N) is 1. The van der Waals surface area contributed by atoms with Crippen LogP contribution in [0.3, 0.4) is 0 Å². The van der Waals surface area contributed by atoms with Crippen LogP contribution in [0.5, 0.6) is 0 Å². The molecule has 0 bridgehead atoms. The number of aryl methyl sites for hydroxylation is 3. The van der Waals surface area contributed by atoms with Gasteiger partial charge in [-0.1, -0.05) is 6.07 Å². The minimum absolute atomic E-state index is 0.247. The zero-order valence-corrected chi connectivity index (χ0v) is 12.1. The van der Waals surface area contributed by atoms with E-state index < -0.39 is 0 Å². The molecule has 3 N–H and O–H groups in total. The predicted octanol–water partition coefficient (Wildman–Crippen LogP) is 3.82. The average Bonchev–Trinajstić information content (AvgIpc) is 2.63. The summed E-state index contributed by atoms with van der Waals surface area (Å²) in [7, 11) is 0. The van der Waals surface area contributed by atoms with Gasteiger partial charge in [0.2, 0.25) is 0 Å². The van der Waals surface area contributed by atoms with E-state index in [1.54, 1.807) is 11.3 Å². The van der Waals surface area contributed by atoms with E-state index in [9.17, 15) is 0 Å². The van der Waals surface area contributed by atoms with Crippen LogP contribution < -0.4 is 11.1 Å². The van der Waals surface area contributed by atoms with E-state index in [4.69, 9.17) is 5.73 Å². The van der Waals surface area contributed by atoms with Crippen LogP contribution in [0, 0.1) is 20.8 Å². The molecule has 1 unspecified atom stereocenters. The molecule has 0 radical (unpaired) electrons. The van der Waals surface area contributed by atoms with Gasteiger partial charge in [0.05, 0.1) is 16.7 Å². The SMILES string of the molecule is Cc1nc(C)c(C(C)Nc2cc(N)ccc2C)s1. The Morgan fingerprint density at radius 1 is 1.28 bits per heavy atom. The van der Waals surface area contributed by atoms with E-state index in [0.29, 0.717) is 0 Å². The smallest absolute Gasteiger partial charge is 0.0900 e. The molecule has 0 aliphatic heterocycles. The topological polar surface area (TPSA) is 50.9 Å². The zero-order valence-electron chi connectivity index (χ0n) is 11.2. The lowest BCUT2D eigenvalue weighted by Crippen LogP contribution is -2.07. The standard InChI is InChI=1S/C14H19N3S/c1-8-5-6-12(15)7-13(8)17-10(3)14-9(2)16-11(4)18-14/h5-7,10,17H,15H2,1-4H3. The second-order valence-corrected chi connectivity index (χ2v) is 5.86. The molecular formula is C14H19N3S.